The summed E-state index contributed by atoms with van der Waals surface area (Å²) < 4.78 is 11.4. The molecule has 0 heterocycles. The molecule has 37 heavy (non-hydrogen) atoms. The number of halogens is 1. The van der Waals surface area contributed by atoms with Gasteiger partial charge in [-0.3, -0.25) is 4.79 Å². The van der Waals surface area contributed by atoms with E-state index in [1.807, 2.05) is 43.3 Å². The van der Waals surface area contributed by atoms with E-state index in [1.54, 1.807) is 24.3 Å². The summed E-state index contributed by atoms with van der Waals surface area (Å²) in [7, 11) is 0. The molecule has 0 bridgehead atoms. The third-order valence-corrected chi connectivity index (χ3v) is 6.23. The number of hydrogen-bond donors (Lipinski definition) is 2. The quantitative estimate of drug-likeness (QED) is 0.258. The van der Waals surface area contributed by atoms with Crippen LogP contribution in [0.3, 0.4) is 0 Å². The first-order chi connectivity index (χ1) is 17.6. The summed E-state index contributed by atoms with van der Waals surface area (Å²) in [4.78, 5) is 24.1. The van der Waals surface area contributed by atoms with E-state index in [1.165, 1.54) is 13.8 Å². The van der Waals surface area contributed by atoms with Crippen LogP contribution >= 0.6 is 11.6 Å². The van der Waals surface area contributed by atoms with Crippen molar-refractivity contribution >= 4 is 23.5 Å². The maximum absolute atomic E-state index is 12.8. The van der Waals surface area contributed by atoms with Gasteiger partial charge in [-0.2, -0.15) is 0 Å². The molecule has 0 aliphatic rings. The van der Waals surface area contributed by atoms with E-state index in [4.69, 9.17) is 21.1 Å². The van der Waals surface area contributed by atoms with Crippen LogP contribution in [-0.2, 0) is 11.2 Å². The standard InChI is InChI=1S/C30H34ClNO5/c1-5-6-17-36-27-14-11-23(31)19-26(27)28(33)32-16-15-21-7-9-22(10-8-21)25-13-12-24(18-20(25)2)37-30(3,4)29(34)35/h7-14,18-19H,5-6,15-17H2,1-4H3,(H,32,33)(H,34,35). The zero-order chi connectivity index (χ0) is 27.0. The van der Waals surface area contributed by atoms with Gasteiger partial charge >= 0.3 is 5.97 Å². The molecule has 0 aliphatic heterocycles. The number of carbonyl (C=O) groups excluding carboxylic acids is 1. The number of nitrogens with one attached hydrogen (secondary N) is 1. The summed E-state index contributed by atoms with van der Waals surface area (Å²) in [6, 6.07) is 18.8. The van der Waals surface area contributed by atoms with E-state index in [2.05, 4.69) is 12.2 Å². The Hall–Kier alpha value is -3.51. The normalized spacial score (nSPS) is 11.2. The molecule has 1 amide bonds. The van der Waals surface area contributed by atoms with E-state index >= 15 is 0 Å². The average Bonchev–Trinajstić information content (AvgIpc) is 2.85. The first-order valence-electron chi connectivity index (χ1n) is 12.4. The first-order valence-corrected chi connectivity index (χ1v) is 12.8. The van der Waals surface area contributed by atoms with E-state index in [-0.39, 0.29) is 5.91 Å². The molecule has 0 spiro atoms. The third kappa shape index (κ3) is 7.73. The van der Waals surface area contributed by atoms with Gasteiger partial charge in [0.1, 0.15) is 11.5 Å². The molecule has 6 nitrogen and oxygen atoms in total. The monoisotopic (exact) mass is 523 g/mol. The van der Waals surface area contributed by atoms with Crippen LogP contribution < -0.4 is 14.8 Å². The number of carboxylic acids is 1. The lowest BCUT2D eigenvalue weighted by Crippen LogP contribution is -2.37. The number of ether oxygens (including phenoxy) is 2. The van der Waals surface area contributed by atoms with Gasteiger partial charge in [-0.25, -0.2) is 4.79 Å². The molecule has 0 saturated carbocycles. The highest BCUT2D eigenvalue weighted by Gasteiger charge is 2.29. The summed E-state index contributed by atoms with van der Waals surface area (Å²) in [5.74, 6) is -0.179. The van der Waals surface area contributed by atoms with Crippen LogP contribution in [0, 0.1) is 6.92 Å². The van der Waals surface area contributed by atoms with Crippen LogP contribution in [0.4, 0.5) is 0 Å². The number of hydrogen-bond acceptors (Lipinski definition) is 4. The lowest BCUT2D eigenvalue weighted by Gasteiger charge is -2.22. The summed E-state index contributed by atoms with van der Waals surface area (Å²) in [6.07, 6.45) is 2.60. The van der Waals surface area contributed by atoms with Gasteiger partial charge < -0.3 is 19.9 Å². The molecule has 0 saturated heterocycles. The van der Waals surface area contributed by atoms with Crippen molar-refractivity contribution in [1.82, 2.24) is 5.32 Å². The van der Waals surface area contributed by atoms with Crippen molar-refractivity contribution < 1.29 is 24.2 Å². The second kappa shape index (κ2) is 12.6. The second-order valence-electron chi connectivity index (χ2n) is 9.44. The van der Waals surface area contributed by atoms with Crippen molar-refractivity contribution in [2.24, 2.45) is 0 Å². The Kier molecular flexibility index (Phi) is 9.59. The zero-order valence-corrected chi connectivity index (χ0v) is 22.5. The van der Waals surface area contributed by atoms with Crippen LogP contribution in [0.2, 0.25) is 5.02 Å². The zero-order valence-electron chi connectivity index (χ0n) is 21.8. The number of carboxylic acid groups (broad SMARTS) is 1. The SMILES string of the molecule is CCCCOc1ccc(Cl)cc1C(=O)NCCc1ccc(-c2ccc(OC(C)(C)C(=O)O)cc2C)cc1. The van der Waals surface area contributed by atoms with Gasteiger partial charge in [0.05, 0.1) is 12.2 Å². The Morgan fingerprint density at radius 3 is 2.41 bits per heavy atom. The maximum atomic E-state index is 12.8. The van der Waals surface area contributed by atoms with Gasteiger partial charge in [0.2, 0.25) is 0 Å². The summed E-state index contributed by atoms with van der Waals surface area (Å²) in [5.41, 5.74) is 3.29. The molecule has 0 atom stereocenters. The number of unbranched alkanes of at least 4 members (excludes halogenated alkanes) is 1. The van der Waals surface area contributed by atoms with Gasteiger partial charge in [0.15, 0.2) is 5.60 Å². The minimum absolute atomic E-state index is 0.213. The average molecular weight is 524 g/mol. The molecule has 196 valence electrons. The van der Waals surface area contributed by atoms with E-state index in [0.717, 1.165) is 35.1 Å². The number of carbonyl (C=O) groups is 2. The minimum atomic E-state index is -1.30. The minimum Gasteiger partial charge on any atom is -0.493 e. The Labute approximate surface area is 223 Å². The Morgan fingerprint density at radius 1 is 1.03 bits per heavy atom. The first kappa shape index (κ1) is 28.1. The fraction of sp³-hybridized carbons (Fsp3) is 0.333. The maximum Gasteiger partial charge on any atom is 0.347 e. The highest BCUT2D eigenvalue weighted by molar-refractivity contribution is 6.31. The lowest BCUT2D eigenvalue weighted by molar-refractivity contribution is -0.152. The molecule has 3 aromatic carbocycles. The van der Waals surface area contributed by atoms with E-state index in [0.29, 0.717) is 41.7 Å². The van der Waals surface area contributed by atoms with Crippen molar-refractivity contribution in [2.45, 2.75) is 52.6 Å². The van der Waals surface area contributed by atoms with Crippen LogP contribution in [0.15, 0.2) is 60.7 Å². The predicted octanol–water partition coefficient (Wildman–Crippen LogP) is 6.71. The van der Waals surface area contributed by atoms with Crippen LogP contribution in [0.25, 0.3) is 11.1 Å². The fourth-order valence-electron chi connectivity index (χ4n) is 3.76. The smallest absolute Gasteiger partial charge is 0.347 e. The van der Waals surface area contributed by atoms with Gasteiger partial charge in [0.25, 0.3) is 5.91 Å². The van der Waals surface area contributed by atoms with Crippen LogP contribution in [0.1, 0.15) is 55.1 Å². The Morgan fingerprint density at radius 2 is 1.76 bits per heavy atom. The molecule has 2 N–H and O–H groups in total. The number of rotatable bonds is 12. The molecule has 0 fully saturated rings. The van der Waals surface area contributed by atoms with Crippen molar-refractivity contribution in [3.8, 4) is 22.6 Å². The molecule has 3 aromatic rings. The molecule has 7 heteroatoms. The van der Waals surface area contributed by atoms with Crippen LogP contribution in [0.5, 0.6) is 11.5 Å². The largest absolute Gasteiger partial charge is 0.493 e. The van der Waals surface area contributed by atoms with Crippen molar-refractivity contribution in [2.75, 3.05) is 13.2 Å². The molecule has 0 aromatic heterocycles. The number of aliphatic carboxylic acids is 1. The molecule has 3 rings (SSSR count). The summed E-state index contributed by atoms with van der Waals surface area (Å²) in [6.45, 7) is 8.13. The molecular weight excluding hydrogens is 490 g/mol. The number of amides is 1. The van der Waals surface area contributed by atoms with E-state index in [9.17, 15) is 14.7 Å². The number of benzene rings is 3. The van der Waals surface area contributed by atoms with Gasteiger partial charge in [-0.15, -0.1) is 0 Å². The van der Waals surface area contributed by atoms with Crippen molar-refractivity contribution in [1.29, 1.82) is 0 Å². The highest BCUT2D eigenvalue weighted by atomic mass is 35.5. The number of aryl methyl sites for hydroxylation is 1. The fourth-order valence-corrected chi connectivity index (χ4v) is 3.93. The molecule has 0 unspecified atom stereocenters. The highest BCUT2D eigenvalue weighted by Crippen LogP contribution is 2.29. The van der Waals surface area contributed by atoms with E-state index < -0.39 is 11.6 Å². The Balaban J connectivity index is 1.60. The topological polar surface area (TPSA) is 84.9 Å². The predicted molar refractivity (Wildman–Crippen MR) is 147 cm³/mol. The van der Waals surface area contributed by atoms with Gasteiger partial charge in [-0.1, -0.05) is 55.3 Å². The van der Waals surface area contributed by atoms with Crippen molar-refractivity contribution in [3.05, 3.63) is 82.4 Å². The third-order valence-electron chi connectivity index (χ3n) is 5.99. The van der Waals surface area contributed by atoms with Gasteiger partial charge in [0, 0.05) is 11.6 Å². The molecule has 0 aliphatic carbocycles. The summed E-state index contributed by atoms with van der Waals surface area (Å²) in [5, 5.41) is 12.7. The second-order valence-corrected chi connectivity index (χ2v) is 9.88. The molecular formula is C30H34ClNO5. The summed E-state index contributed by atoms with van der Waals surface area (Å²) >= 11 is 6.11. The van der Waals surface area contributed by atoms with Crippen LogP contribution in [-0.4, -0.2) is 35.7 Å². The molecule has 0 radical (unpaired) electrons. The Bertz CT molecular complexity index is 1240. The van der Waals surface area contributed by atoms with Gasteiger partial charge in [-0.05, 0) is 86.2 Å². The lowest BCUT2D eigenvalue weighted by atomic mass is 9.98. The van der Waals surface area contributed by atoms with Crippen molar-refractivity contribution in [3.63, 3.8) is 0 Å².